The topological polar surface area (TPSA) is 92.6 Å². The summed E-state index contributed by atoms with van der Waals surface area (Å²) in [4.78, 5) is 36.7. The van der Waals surface area contributed by atoms with Crippen molar-refractivity contribution in [2.24, 2.45) is 0 Å². The number of halogens is 1. The van der Waals surface area contributed by atoms with Crippen LogP contribution in [0, 0.1) is 10.1 Å². The van der Waals surface area contributed by atoms with E-state index in [1.807, 2.05) is 19.1 Å². The molecule has 0 radical (unpaired) electrons. The van der Waals surface area contributed by atoms with Gasteiger partial charge in [0, 0.05) is 36.5 Å². The largest absolute Gasteiger partial charge is 0.322 e. The number of benzene rings is 2. The lowest BCUT2D eigenvalue weighted by Gasteiger charge is -2.29. The normalized spacial score (nSPS) is 13.0. The Labute approximate surface area is 161 Å². The average Bonchev–Trinajstić information content (AvgIpc) is 2.66. The minimum Gasteiger partial charge on any atom is -0.322 e. The van der Waals surface area contributed by atoms with Crippen molar-refractivity contribution in [2.75, 3.05) is 16.8 Å². The van der Waals surface area contributed by atoms with E-state index < -0.39 is 10.8 Å². The quantitative estimate of drug-likeness (QED) is 0.628. The summed E-state index contributed by atoms with van der Waals surface area (Å²) >= 11 is 6.02. The van der Waals surface area contributed by atoms with Crippen molar-refractivity contribution >= 4 is 40.5 Å². The highest BCUT2D eigenvalue weighted by Crippen LogP contribution is 2.31. The molecule has 27 heavy (non-hydrogen) atoms. The van der Waals surface area contributed by atoms with Crippen molar-refractivity contribution in [3.63, 3.8) is 0 Å². The summed E-state index contributed by atoms with van der Waals surface area (Å²) in [5, 5.41) is 13.8. The predicted molar refractivity (Wildman–Crippen MR) is 103 cm³/mol. The smallest absolute Gasteiger partial charge is 0.270 e. The van der Waals surface area contributed by atoms with Crippen LogP contribution < -0.4 is 10.2 Å². The number of nitrogens with zero attached hydrogens (tertiary/aromatic N) is 2. The molecule has 0 spiro atoms. The van der Waals surface area contributed by atoms with Gasteiger partial charge in [0.1, 0.15) is 0 Å². The van der Waals surface area contributed by atoms with E-state index in [4.69, 9.17) is 11.6 Å². The van der Waals surface area contributed by atoms with Gasteiger partial charge in [0.2, 0.25) is 5.91 Å². The van der Waals surface area contributed by atoms with E-state index in [0.29, 0.717) is 18.7 Å². The van der Waals surface area contributed by atoms with Crippen LogP contribution in [0.3, 0.4) is 0 Å². The van der Waals surface area contributed by atoms with E-state index >= 15 is 0 Å². The van der Waals surface area contributed by atoms with Gasteiger partial charge >= 0.3 is 0 Å². The molecule has 2 amide bonds. The highest BCUT2D eigenvalue weighted by atomic mass is 35.5. The lowest BCUT2D eigenvalue weighted by atomic mass is 10.0. The molecule has 0 bridgehead atoms. The van der Waals surface area contributed by atoms with Gasteiger partial charge in [0.25, 0.3) is 11.6 Å². The second kappa shape index (κ2) is 7.75. The fourth-order valence-electron chi connectivity index (χ4n) is 3.12. The summed E-state index contributed by atoms with van der Waals surface area (Å²) in [5.74, 6) is -0.461. The Kier molecular flexibility index (Phi) is 5.41. The lowest BCUT2D eigenvalue weighted by molar-refractivity contribution is -0.384. The number of carbonyl (C=O) groups excluding carboxylic acids is 2. The highest BCUT2D eigenvalue weighted by Gasteiger charge is 2.22. The molecule has 1 aliphatic heterocycles. The number of hydrogen-bond acceptors (Lipinski definition) is 4. The number of nitro groups is 1. The monoisotopic (exact) mass is 387 g/mol. The minimum atomic E-state index is -0.578. The molecule has 0 fully saturated rings. The molecule has 1 N–H and O–H groups in total. The van der Waals surface area contributed by atoms with Crippen LogP contribution in [0.2, 0.25) is 5.02 Å². The van der Waals surface area contributed by atoms with Crippen LogP contribution in [-0.4, -0.2) is 23.3 Å². The van der Waals surface area contributed by atoms with Crippen LogP contribution in [-0.2, 0) is 11.2 Å². The number of rotatable bonds is 4. The molecule has 2 aromatic carbocycles. The maximum atomic E-state index is 12.5. The van der Waals surface area contributed by atoms with Gasteiger partial charge in [-0.2, -0.15) is 0 Å². The molecule has 7 nitrogen and oxygen atoms in total. The first-order chi connectivity index (χ1) is 12.9. The second-order valence-corrected chi connectivity index (χ2v) is 6.63. The summed E-state index contributed by atoms with van der Waals surface area (Å²) in [6.07, 6.45) is 2.10. The van der Waals surface area contributed by atoms with E-state index in [1.165, 1.54) is 12.1 Å². The number of non-ortho nitro benzene ring substituents is 1. The molecule has 2 aromatic rings. The van der Waals surface area contributed by atoms with Crippen LogP contribution in [0.15, 0.2) is 36.4 Å². The maximum absolute atomic E-state index is 12.5. The number of amides is 2. The molecule has 1 aliphatic rings. The Morgan fingerprint density at radius 2 is 2.04 bits per heavy atom. The number of carbonyl (C=O) groups is 2. The van der Waals surface area contributed by atoms with Gasteiger partial charge in [0.05, 0.1) is 15.5 Å². The zero-order valence-electron chi connectivity index (χ0n) is 14.7. The summed E-state index contributed by atoms with van der Waals surface area (Å²) in [6.45, 7) is 2.52. The predicted octanol–water partition coefficient (Wildman–Crippen LogP) is 4.19. The maximum Gasteiger partial charge on any atom is 0.270 e. The molecule has 0 aliphatic carbocycles. The Hall–Kier alpha value is -2.93. The fraction of sp³-hybridized carbons (Fsp3) is 0.263. The standard InChI is InChI=1S/C19H18ClN3O4/c1-2-18(24)22-9-3-4-12-10-13(5-8-17(12)22)21-19(25)15-11-14(23(26)27)6-7-16(15)20/h5-8,10-11H,2-4,9H2,1H3,(H,21,25). The number of hydrogen-bond donors (Lipinski definition) is 1. The number of fused-ring (bicyclic) bond motifs is 1. The SMILES string of the molecule is CCC(=O)N1CCCc2cc(NC(=O)c3cc([N+](=O)[O-])ccc3Cl)ccc21. The highest BCUT2D eigenvalue weighted by molar-refractivity contribution is 6.34. The molecule has 3 rings (SSSR count). The van der Waals surface area contributed by atoms with Crippen molar-refractivity contribution in [1.29, 1.82) is 0 Å². The van der Waals surface area contributed by atoms with E-state index in [-0.39, 0.29) is 22.2 Å². The summed E-state index contributed by atoms with van der Waals surface area (Å²) in [5.41, 5.74) is 2.22. The van der Waals surface area contributed by atoms with Crippen molar-refractivity contribution in [3.05, 3.63) is 62.7 Å². The van der Waals surface area contributed by atoms with Gasteiger partial charge in [-0.3, -0.25) is 19.7 Å². The molecule has 0 saturated heterocycles. The third-order valence-corrected chi connectivity index (χ3v) is 4.79. The number of anilines is 2. The molecule has 1 heterocycles. The summed E-state index contributed by atoms with van der Waals surface area (Å²) in [7, 11) is 0. The zero-order chi connectivity index (χ0) is 19.6. The van der Waals surface area contributed by atoms with E-state index in [9.17, 15) is 19.7 Å². The number of nitro benzene ring substituents is 1. The van der Waals surface area contributed by atoms with Crippen molar-refractivity contribution in [1.82, 2.24) is 0 Å². The van der Waals surface area contributed by atoms with E-state index in [0.717, 1.165) is 30.2 Å². The number of aryl methyl sites for hydroxylation is 1. The van der Waals surface area contributed by atoms with Gasteiger partial charge in [0.15, 0.2) is 0 Å². The van der Waals surface area contributed by atoms with Crippen LogP contribution in [0.5, 0.6) is 0 Å². The van der Waals surface area contributed by atoms with Gasteiger partial charge < -0.3 is 10.2 Å². The van der Waals surface area contributed by atoms with Crippen LogP contribution in [0.4, 0.5) is 17.1 Å². The van der Waals surface area contributed by atoms with Gasteiger partial charge in [-0.25, -0.2) is 0 Å². The lowest BCUT2D eigenvalue weighted by Crippen LogP contribution is -2.34. The summed E-state index contributed by atoms with van der Waals surface area (Å²) < 4.78 is 0. The third kappa shape index (κ3) is 3.93. The second-order valence-electron chi connectivity index (χ2n) is 6.22. The van der Waals surface area contributed by atoms with Gasteiger partial charge in [-0.15, -0.1) is 0 Å². The Balaban J connectivity index is 1.85. The Morgan fingerprint density at radius 3 is 2.74 bits per heavy atom. The molecular formula is C19H18ClN3O4. The molecule has 0 aromatic heterocycles. The molecule has 140 valence electrons. The average molecular weight is 388 g/mol. The Bertz CT molecular complexity index is 929. The van der Waals surface area contributed by atoms with Crippen molar-refractivity contribution < 1.29 is 14.5 Å². The van der Waals surface area contributed by atoms with Crippen LogP contribution >= 0.6 is 11.6 Å². The number of nitrogens with one attached hydrogen (secondary N) is 1. The van der Waals surface area contributed by atoms with Gasteiger partial charge in [-0.05, 0) is 42.7 Å². The first kappa shape index (κ1) is 18.8. The first-order valence-electron chi connectivity index (χ1n) is 8.59. The summed E-state index contributed by atoms with van der Waals surface area (Å²) in [6, 6.07) is 9.08. The third-order valence-electron chi connectivity index (χ3n) is 4.46. The van der Waals surface area contributed by atoms with E-state index in [1.54, 1.807) is 11.0 Å². The minimum absolute atomic E-state index is 0.0337. The zero-order valence-corrected chi connectivity index (χ0v) is 15.5. The molecule has 0 saturated carbocycles. The molecular weight excluding hydrogens is 370 g/mol. The molecule has 0 atom stereocenters. The molecule has 0 unspecified atom stereocenters. The van der Waals surface area contributed by atoms with Crippen molar-refractivity contribution in [2.45, 2.75) is 26.2 Å². The van der Waals surface area contributed by atoms with Crippen LogP contribution in [0.1, 0.15) is 35.7 Å². The van der Waals surface area contributed by atoms with Gasteiger partial charge in [-0.1, -0.05) is 18.5 Å². The first-order valence-corrected chi connectivity index (χ1v) is 8.97. The van der Waals surface area contributed by atoms with E-state index in [2.05, 4.69) is 5.32 Å². The molecule has 8 heteroatoms. The van der Waals surface area contributed by atoms with Crippen LogP contribution in [0.25, 0.3) is 0 Å². The van der Waals surface area contributed by atoms with Crippen molar-refractivity contribution in [3.8, 4) is 0 Å². The fourth-order valence-corrected chi connectivity index (χ4v) is 3.33. The Morgan fingerprint density at radius 1 is 1.26 bits per heavy atom.